The minimum atomic E-state index is -4.63. The molecule has 34 heavy (non-hydrogen) atoms. The van der Waals surface area contributed by atoms with Crippen LogP contribution in [0.5, 0.6) is 0 Å². The van der Waals surface area contributed by atoms with E-state index in [2.05, 4.69) is 20.2 Å². The number of imidazole rings is 1. The average Bonchev–Trinajstić information content (AvgIpc) is 3.43. The quantitative estimate of drug-likeness (QED) is 0.350. The highest BCUT2D eigenvalue weighted by Crippen LogP contribution is 2.37. The van der Waals surface area contributed by atoms with Gasteiger partial charge in [-0.05, 0) is 47.0 Å². The van der Waals surface area contributed by atoms with Crippen molar-refractivity contribution in [1.82, 2.24) is 24.7 Å². The van der Waals surface area contributed by atoms with Crippen LogP contribution in [0.4, 0.5) is 17.6 Å². The summed E-state index contributed by atoms with van der Waals surface area (Å²) in [4.78, 5) is 7.15. The highest BCUT2D eigenvalue weighted by atomic mass is 19.4. The summed E-state index contributed by atoms with van der Waals surface area (Å²) in [6, 6.07) is 13.7. The number of nitrogens with zero attached hydrogens (tertiary/aromatic N) is 4. The van der Waals surface area contributed by atoms with Crippen LogP contribution in [-0.2, 0) is 19.8 Å². The molecule has 3 aromatic carbocycles. The van der Waals surface area contributed by atoms with E-state index in [1.54, 1.807) is 35.9 Å². The van der Waals surface area contributed by atoms with Crippen LogP contribution in [0.25, 0.3) is 44.9 Å². The van der Waals surface area contributed by atoms with Crippen molar-refractivity contribution in [3.8, 4) is 33.9 Å². The molecule has 0 radical (unpaired) electrons. The van der Waals surface area contributed by atoms with Crippen molar-refractivity contribution in [3.63, 3.8) is 0 Å². The van der Waals surface area contributed by atoms with Gasteiger partial charge in [-0.2, -0.15) is 13.2 Å². The standard InChI is InChI=1S/C24H17F4N5O/c1-33-12-29-32-23(33)18-10-16(25)5-6-17(18)14-3-2-4-15(9-14)22-30-20-8-13(11-34)7-19(21(20)31-22)24(26,27)28/h2-10,12,34H,11H2,1H3,(H,30,31). The number of rotatable bonds is 4. The minimum absolute atomic E-state index is 0.128. The van der Waals surface area contributed by atoms with Gasteiger partial charge < -0.3 is 14.7 Å². The zero-order chi connectivity index (χ0) is 24.0. The second-order valence-electron chi connectivity index (χ2n) is 7.82. The SMILES string of the molecule is Cn1cnnc1-c1cc(F)ccc1-c1cccc(-c2nc3c(C(F)(F)F)cc(CO)cc3[nH]2)c1. The van der Waals surface area contributed by atoms with Crippen molar-refractivity contribution < 1.29 is 22.7 Å². The number of aliphatic hydroxyl groups excluding tert-OH is 1. The number of halogens is 4. The van der Waals surface area contributed by atoms with E-state index >= 15 is 0 Å². The predicted molar refractivity (Wildman–Crippen MR) is 118 cm³/mol. The fraction of sp³-hybridized carbons (Fsp3) is 0.125. The van der Waals surface area contributed by atoms with Crippen molar-refractivity contribution in [2.45, 2.75) is 12.8 Å². The lowest BCUT2D eigenvalue weighted by Gasteiger charge is -2.10. The normalized spacial score (nSPS) is 11.9. The van der Waals surface area contributed by atoms with E-state index in [9.17, 15) is 22.7 Å². The van der Waals surface area contributed by atoms with E-state index in [1.165, 1.54) is 24.5 Å². The zero-order valence-electron chi connectivity index (χ0n) is 17.7. The van der Waals surface area contributed by atoms with Gasteiger partial charge in [0.25, 0.3) is 0 Å². The second kappa shape index (κ2) is 8.07. The average molecular weight is 467 g/mol. The Bertz CT molecular complexity index is 1520. The molecular weight excluding hydrogens is 450 g/mol. The Hall–Kier alpha value is -4.05. The van der Waals surface area contributed by atoms with Crippen LogP contribution in [0.15, 0.2) is 60.9 Å². The summed E-state index contributed by atoms with van der Waals surface area (Å²) < 4.78 is 56.5. The predicted octanol–water partition coefficient (Wildman–Crippen LogP) is 5.34. The fourth-order valence-corrected chi connectivity index (χ4v) is 3.94. The van der Waals surface area contributed by atoms with Crippen LogP contribution in [0.3, 0.4) is 0 Å². The van der Waals surface area contributed by atoms with Gasteiger partial charge in [0.15, 0.2) is 5.82 Å². The zero-order valence-corrected chi connectivity index (χ0v) is 17.7. The molecule has 2 heterocycles. The molecule has 0 spiro atoms. The Morgan fingerprint density at radius 3 is 2.50 bits per heavy atom. The number of aromatic nitrogens is 5. The monoisotopic (exact) mass is 467 g/mol. The van der Waals surface area contributed by atoms with Gasteiger partial charge in [-0.1, -0.05) is 24.3 Å². The van der Waals surface area contributed by atoms with Crippen molar-refractivity contribution in [3.05, 3.63) is 77.9 Å². The van der Waals surface area contributed by atoms with Crippen LogP contribution >= 0.6 is 0 Å². The van der Waals surface area contributed by atoms with Crippen molar-refractivity contribution in [2.75, 3.05) is 0 Å². The van der Waals surface area contributed by atoms with Crippen LogP contribution in [0, 0.1) is 5.82 Å². The third-order valence-corrected chi connectivity index (χ3v) is 5.52. The number of fused-ring (bicyclic) bond motifs is 1. The molecule has 0 saturated heterocycles. The molecule has 0 aliphatic rings. The number of hydrogen-bond acceptors (Lipinski definition) is 4. The fourth-order valence-electron chi connectivity index (χ4n) is 3.94. The maximum absolute atomic E-state index is 14.1. The van der Waals surface area contributed by atoms with Crippen molar-refractivity contribution >= 4 is 11.0 Å². The van der Waals surface area contributed by atoms with Gasteiger partial charge in [0.2, 0.25) is 0 Å². The first-order valence-electron chi connectivity index (χ1n) is 10.2. The van der Waals surface area contributed by atoms with Crippen LogP contribution in [0.1, 0.15) is 11.1 Å². The second-order valence-corrected chi connectivity index (χ2v) is 7.82. The molecule has 5 aromatic rings. The summed E-state index contributed by atoms with van der Waals surface area (Å²) in [6.07, 6.45) is -3.12. The Morgan fingerprint density at radius 2 is 1.79 bits per heavy atom. The van der Waals surface area contributed by atoms with E-state index in [0.717, 1.165) is 6.07 Å². The lowest BCUT2D eigenvalue weighted by molar-refractivity contribution is -0.136. The van der Waals surface area contributed by atoms with E-state index in [-0.39, 0.29) is 22.4 Å². The molecule has 0 fully saturated rings. The van der Waals surface area contributed by atoms with Crippen LogP contribution in [0.2, 0.25) is 0 Å². The Balaban J connectivity index is 1.65. The van der Waals surface area contributed by atoms with Gasteiger partial charge in [0.1, 0.15) is 23.5 Å². The first-order valence-corrected chi connectivity index (χ1v) is 10.2. The highest BCUT2D eigenvalue weighted by molar-refractivity contribution is 5.86. The summed E-state index contributed by atoms with van der Waals surface area (Å²) in [5, 5.41) is 17.3. The molecule has 0 atom stereocenters. The van der Waals surface area contributed by atoms with Gasteiger partial charge in [-0.15, -0.1) is 10.2 Å². The Labute approximate surface area is 190 Å². The molecule has 5 rings (SSSR count). The summed E-state index contributed by atoms with van der Waals surface area (Å²) in [5.74, 6) is 0.268. The van der Waals surface area contributed by atoms with E-state index < -0.39 is 24.2 Å². The molecule has 2 aromatic heterocycles. The van der Waals surface area contributed by atoms with Gasteiger partial charge in [-0.25, -0.2) is 9.37 Å². The van der Waals surface area contributed by atoms with E-state index in [4.69, 9.17) is 0 Å². The van der Waals surface area contributed by atoms with Gasteiger partial charge >= 0.3 is 6.18 Å². The number of aliphatic hydroxyl groups is 1. The molecule has 10 heteroatoms. The number of hydrogen-bond donors (Lipinski definition) is 2. The molecule has 172 valence electrons. The summed E-state index contributed by atoms with van der Waals surface area (Å²) in [5.41, 5.74) is 1.58. The molecule has 0 saturated carbocycles. The van der Waals surface area contributed by atoms with Gasteiger partial charge in [0, 0.05) is 18.2 Å². The van der Waals surface area contributed by atoms with Crippen LogP contribution in [-0.4, -0.2) is 29.8 Å². The largest absolute Gasteiger partial charge is 0.418 e. The summed E-state index contributed by atoms with van der Waals surface area (Å²) in [7, 11) is 1.74. The number of alkyl halides is 3. The number of aryl methyl sites for hydroxylation is 1. The lowest BCUT2D eigenvalue weighted by Crippen LogP contribution is -2.07. The van der Waals surface area contributed by atoms with Gasteiger partial charge in [-0.3, -0.25) is 0 Å². The topological polar surface area (TPSA) is 79.6 Å². The first-order chi connectivity index (χ1) is 16.2. The summed E-state index contributed by atoms with van der Waals surface area (Å²) in [6.45, 7) is -0.530. The third kappa shape index (κ3) is 3.81. The maximum Gasteiger partial charge on any atom is 0.418 e. The summed E-state index contributed by atoms with van der Waals surface area (Å²) >= 11 is 0. The number of nitrogens with one attached hydrogen (secondary N) is 1. The van der Waals surface area contributed by atoms with E-state index in [1.807, 2.05) is 6.07 Å². The molecule has 0 amide bonds. The van der Waals surface area contributed by atoms with Crippen molar-refractivity contribution in [2.24, 2.45) is 7.05 Å². The number of benzene rings is 3. The molecule has 6 nitrogen and oxygen atoms in total. The van der Waals surface area contributed by atoms with Crippen molar-refractivity contribution in [1.29, 1.82) is 0 Å². The molecule has 0 bridgehead atoms. The van der Waals surface area contributed by atoms with Gasteiger partial charge in [0.05, 0.1) is 17.7 Å². The highest BCUT2D eigenvalue weighted by Gasteiger charge is 2.34. The smallest absolute Gasteiger partial charge is 0.392 e. The molecule has 2 N–H and O–H groups in total. The molecular formula is C24H17F4N5O. The number of aromatic amines is 1. The molecule has 0 aliphatic carbocycles. The van der Waals surface area contributed by atoms with E-state index in [0.29, 0.717) is 28.1 Å². The number of H-pyrrole nitrogens is 1. The first kappa shape index (κ1) is 21.8. The molecule has 0 aliphatic heterocycles. The Morgan fingerprint density at radius 1 is 1.00 bits per heavy atom. The molecule has 0 unspecified atom stereocenters. The van der Waals surface area contributed by atoms with Crippen LogP contribution < -0.4 is 0 Å². The maximum atomic E-state index is 14.1. The minimum Gasteiger partial charge on any atom is -0.392 e. The Kier molecular flexibility index (Phi) is 5.17. The lowest BCUT2D eigenvalue weighted by atomic mass is 9.97. The third-order valence-electron chi connectivity index (χ3n) is 5.52.